The van der Waals surface area contributed by atoms with Gasteiger partial charge in [0.2, 0.25) is 5.91 Å². The predicted octanol–water partition coefficient (Wildman–Crippen LogP) is 4.57. The summed E-state index contributed by atoms with van der Waals surface area (Å²) >= 11 is 13.2. The van der Waals surface area contributed by atoms with Gasteiger partial charge in [-0.1, -0.05) is 41.9 Å². The topological polar surface area (TPSA) is 85.6 Å². The van der Waals surface area contributed by atoms with Gasteiger partial charge in [-0.3, -0.25) is 9.78 Å². The molecule has 0 radical (unpaired) electrons. The minimum Gasteiger partial charge on any atom is -0.308 e. The summed E-state index contributed by atoms with van der Waals surface area (Å²) in [5.41, 5.74) is 0.928. The van der Waals surface area contributed by atoms with Gasteiger partial charge in [0.25, 0.3) is 0 Å². The highest BCUT2D eigenvalue weighted by Gasteiger charge is 2.21. The zero-order valence-electron chi connectivity index (χ0n) is 15.3. The van der Waals surface area contributed by atoms with Crippen LogP contribution in [0.15, 0.2) is 41.9 Å². The van der Waals surface area contributed by atoms with Crippen LogP contribution in [-0.2, 0) is 11.3 Å². The van der Waals surface area contributed by atoms with Crippen molar-refractivity contribution in [3.8, 4) is 11.4 Å². The fourth-order valence-electron chi connectivity index (χ4n) is 2.45. The lowest BCUT2D eigenvalue weighted by Crippen LogP contribution is -2.23. The largest absolute Gasteiger partial charge is 0.308 e. The molecule has 3 rings (SSSR count). The average Bonchev–Trinajstić information content (AvgIpc) is 3.07. The van der Waals surface area contributed by atoms with Crippen LogP contribution in [-0.4, -0.2) is 35.9 Å². The summed E-state index contributed by atoms with van der Waals surface area (Å²) in [5.74, 6) is 0.788. The molecule has 0 saturated heterocycles. The fraction of sp³-hybridized carbons (Fsp3) is 0.278. The van der Waals surface area contributed by atoms with Gasteiger partial charge in [0.1, 0.15) is 0 Å². The molecule has 0 spiro atoms. The summed E-state index contributed by atoms with van der Waals surface area (Å²) < 4.78 is 2.01. The van der Waals surface area contributed by atoms with E-state index in [9.17, 15) is 4.79 Å². The van der Waals surface area contributed by atoms with E-state index in [2.05, 4.69) is 32.4 Å². The highest BCUT2D eigenvalue weighted by Crippen LogP contribution is 2.28. The van der Waals surface area contributed by atoms with E-state index in [1.807, 2.05) is 16.7 Å². The second kappa shape index (κ2) is 9.36. The van der Waals surface area contributed by atoms with Crippen molar-refractivity contribution in [2.75, 3.05) is 5.32 Å². The van der Waals surface area contributed by atoms with E-state index in [0.29, 0.717) is 10.2 Å². The SMILES string of the molecule is CCCn1c(S[C@@H](C)C(=O)Nc2ncc(Cl)cc2Cl)nnc1-c1ccncc1. The Morgan fingerprint density at radius 2 is 2.04 bits per heavy atom. The van der Waals surface area contributed by atoms with Crippen LogP contribution in [0.2, 0.25) is 10.0 Å². The Bertz CT molecular complexity index is 966. The Hall–Kier alpha value is -2.16. The van der Waals surface area contributed by atoms with Crippen LogP contribution in [0.25, 0.3) is 11.4 Å². The maximum Gasteiger partial charge on any atom is 0.238 e. The maximum absolute atomic E-state index is 12.6. The normalized spacial score (nSPS) is 12.0. The number of rotatable bonds is 7. The van der Waals surface area contributed by atoms with Gasteiger partial charge in [-0.25, -0.2) is 4.98 Å². The van der Waals surface area contributed by atoms with Gasteiger partial charge in [-0.15, -0.1) is 10.2 Å². The number of amides is 1. The number of thioether (sulfide) groups is 1. The molecular formula is C18H18Cl2N6OS. The summed E-state index contributed by atoms with van der Waals surface area (Å²) in [7, 11) is 0. The standard InChI is InChI=1S/C18H18Cl2N6OS/c1-3-8-26-16(12-4-6-21-7-5-12)24-25-18(26)28-11(2)17(27)23-15-14(20)9-13(19)10-22-15/h4-7,9-11H,3,8H2,1-2H3,(H,22,23,27)/t11-/m0/s1. The number of halogens is 2. The van der Waals surface area contributed by atoms with Crippen molar-refractivity contribution in [1.29, 1.82) is 0 Å². The van der Waals surface area contributed by atoms with Crippen LogP contribution in [0.3, 0.4) is 0 Å². The molecule has 146 valence electrons. The first-order valence-electron chi connectivity index (χ1n) is 8.61. The quantitative estimate of drug-likeness (QED) is 0.545. The van der Waals surface area contributed by atoms with Crippen LogP contribution in [0.5, 0.6) is 0 Å². The highest BCUT2D eigenvalue weighted by atomic mass is 35.5. The molecule has 7 nitrogen and oxygen atoms in total. The number of hydrogen-bond acceptors (Lipinski definition) is 6. The first kappa shape index (κ1) is 20.6. The number of aromatic nitrogens is 5. The molecule has 0 aliphatic carbocycles. The van der Waals surface area contributed by atoms with Crippen LogP contribution in [0.1, 0.15) is 20.3 Å². The number of carbonyl (C=O) groups is 1. The third-order valence-corrected chi connectivity index (χ3v) is 5.38. The first-order valence-corrected chi connectivity index (χ1v) is 10.2. The summed E-state index contributed by atoms with van der Waals surface area (Å²) in [4.78, 5) is 20.7. The number of nitrogens with one attached hydrogen (secondary N) is 1. The van der Waals surface area contributed by atoms with Crippen molar-refractivity contribution in [3.63, 3.8) is 0 Å². The molecule has 1 amide bonds. The van der Waals surface area contributed by atoms with E-state index in [0.717, 1.165) is 24.4 Å². The number of hydrogen-bond donors (Lipinski definition) is 1. The summed E-state index contributed by atoms with van der Waals surface area (Å²) in [6.45, 7) is 4.61. The van der Waals surface area contributed by atoms with Crippen molar-refractivity contribution >= 4 is 46.7 Å². The van der Waals surface area contributed by atoms with Crippen LogP contribution in [0.4, 0.5) is 5.82 Å². The molecule has 0 aliphatic heterocycles. The van der Waals surface area contributed by atoms with Crippen molar-refractivity contribution in [1.82, 2.24) is 24.7 Å². The van der Waals surface area contributed by atoms with Crippen molar-refractivity contribution in [3.05, 3.63) is 46.8 Å². The smallest absolute Gasteiger partial charge is 0.238 e. The van der Waals surface area contributed by atoms with Crippen molar-refractivity contribution in [2.24, 2.45) is 0 Å². The molecule has 0 fully saturated rings. The monoisotopic (exact) mass is 436 g/mol. The van der Waals surface area contributed by atoms with E-state index < -0.39 is 5.25 Å². The second-order valence-corrected chi connectivity index (χ2v) is 8.08. The Morgan fingerprint density at radius 1 is 1.29 bits per heavy atom. The van der Waals surface area contributed by atoms with Gasteiger partial charge in [0.15, 0.2) is 16.8 Å². The van der Waals surface area contributed by atoms with Gasteiger partial charge >= 0.3 is 0 Å². The van der Waals surface area contributed by atoms with Gasteiger partial charge in [0, 0.05) is 30.7 Å². The first-order chi connectivity index (χ1) is 13.5. The molecule has 0 bridgehead atoms. The molecule has 1 N–H and O–H groups in total. The molecule has 0 unspecified atom stereocenters. The molecular weight excluding hydrogens is 419 g/mol. The van der Waals surface area contributed by atoms with Gasteiger partial charge < -0.3 is 9.88 Å². The molecule has 0 saturated carbocycles. The maximum atomic E-state index is 12.6. The van der Waals surface area contributed by atoms with Crippen molar-refractivity contribution < 1.29 is 4.79 Å². The molecule has 3 heterocycles. The predicted molar refractivity (Wildman–Crippen MR) is 112 cm³/mol. The molecule has 1 atom stereocenters. The lowest BCUT2D eigenvalue weighted by atomic mass is 10.2. The third kappa shape index (κ3) is 4.81. The number of carbonyl (C=O) groups excluding carboxylic acids is 1. The fourth-order valence-corrected chi connectivity index (χ4v) is 3.75. The van der Waals surface area contributed by atoms with E-state index in [-0.39, 0.29) is 16.7 Å². The Labute approximate surface area is 176 Å². The molecule has 0 aliphatic rings. The van der Waals surface area contributed by atoms with E-state index in [4.69, 9.17) is 23.2 Å². The zero-order valence-corrected chi connectivity index (χ0v) is 17.6. The lowest BCUT2D eigenvalue weighted by Gasteiger charge is -2.13. The van der Waals surface area contributed by atoms with E-state index in [1.165, 1.54) is 24.0 Å². The average molecular weight is 437 g/mol. The number of pyridine rings is 2. The molecule has 28 heavy (non-hydrogen) atoms. The Morgan fingerprint density at radius 3 is 2.71 bits per heavy atom. The number of nitrogens with zero attached hydrogens (tertiary/aromatic N) is 5. The highest BCUT2D eigenvalue weighted by molar-refractivity contribution is 8.00. The third-order valence-electron chi connectivity index (χ3n) is 3.80. The van der Waals surface area contributed by atoms with Crippen LogP contribution < -0.4 is 5.32 Å². The van der Waals surface area contributed by atoms with Gasteiger partial charge in [-0.05, 0) is 31.5 Å². The van der Waals surface area contributed by atoms with E-state index in [1.54, 1.807) is 19.3 Å². The van der Waals surface area contributed by atoms with Crippen LogP contribution in [0, 0.1) is 0 Å². The van der Waals surface area contributed by atoms with Crippen LogP contribution >= 0.6 is 35.0 Å². The molecule has 3 aromatic heterocycles. The zero-order chi connectivity index (χ0) is 20.1. The minimum absolute atomic E-state index is 0.238. The lowest BCUT2D eigenvalue weighted by molar-refractivity contribution is -0.115. The molecule has 10 heteroatoms. The molecule has 0 aromatic carbocycles. The minimum atomic E-state index is -0.432. The Balaban J connectivity index is 1.77. The van der Waals surface area contributed by atoms with Gasteiger partial charge in [0.05, 0.1) is 15.3 Å². The summed E-state index contributed by atoms with van der Waals surface area (Å²) in [6.07, 6.45) is 5.77. The summed E-state index contributed by atoms with van der Waals surface area (Å²) in [6, 6.07) is 5.30. The van der Waals surface area contributed by atoms with E-state index >= 15 is 0 Å². The second-order valence-electron chi connectivity index (χ2n) is 5.93. The van der Waals surface area contributed by atoms with Crippen molar-refractivity contribution in [2.45, 2.75) is 37.2 Å². The molecule has 3 aromatic rings. The number of anilines is 1. The summed E-state index contributed by atoms with van der Waals surface area (Å²) in [5, 5.41) is 12.2. The van der Waals surface area contributed by atoms with Gasteiger partial charge in [-0.2, -0.15) is 0 Å². The Kier molecular flexibility index (Phi) is 6.88.